The molecule has 3 rings (SSSR count). The second-order valence-electron chi connectivity index (χ2n) is 6.17. The zero-order valence-corrected chi connectivity index (χ0v) is 13.7. The molecule has 0 radical (unpaired) electrons. The van der Waals surface area contributed by atoms with Gasteiger partial charge in [0, 0.05) is 5.57 Å². The molecule has 1 aromatic rings. The number of fused-ring (bicyclic) bond motifs is 1. The summed E-state index contributed by atoms with van der Waals surface area (Å²) >= 11 is 0. The molecule has 0 spiro atoms. The monoisotopic (exact) mass is 366 g/mol. The SMILES string of the molecule is CC1=CC(=O)c2c(OC3OC(CO)C(O)C(O)C3O)ccc(O)c2C1=O. The number of hydrogen-bond donors (Lipinski definition) is 5. The normalized spacial score (nSPS) is 31.4. The third-order valence-electron chi connectivity index (χ3n) is 4.42. The summed E-state index contributed by atoms with van der Waals surface area (Å²) in [6.07, 6.45) is -6.50. The van der Waals surface area contributed by atoms with Crippen molar-refractivity contribution in [2.45, 2.75) is 37.6 Å². The predicted molar refractivity (Wildman–Crippen MR) is 84.9 cm³/mol. The molecule has 1 aliphatic heterocycles. The standard InChI is InChI=1S/C17H18O9/c1-6-4-8(20)11-9(3-2-7(19)12(11)13(6)21)25-17-16(24)15(23)14(22)10(5-18)26-17/h2-4,10,14-19,22-24H,5H2,1H3. The molecule has 0 bridgehead atoms. The smallest absolute Gasteiger partial charge is 0.229 e. The highest BCUT2D eigenvalue weighted by molar-refractivity contribution is 6.26. The molecule has 140 valence electrons. The number of carbonyl (C=O) groups is 2. The second kappa shape index (κ2) is 6.78. The van der Waals surface area contributed by atoms with Gasteiger partial charge >= 0.3 is 0 Å². The Morgan fingerprint density at radius 2 is 1.77 bits per heavy atom. The van der Waals surface area contributed by atoms with Crippen molar-refractivity contribution in [3.8, 4) is 11.5 Å². The number of phenols is 1. The Bertz CT molecular complexity index is 783. The van der Waals surface area contributed by atoms with Gasteiger partial charge in [-0.25, -0.2) is 0 Å². The molecule has 0 saturated carbocycles. The number of Topliss-reactive ketones (excluding diaryl/α,β-unsaturated/α-hetero) is 1. The van der Waals surface area contributed by atoms with Crippen molar-refractivity contribution in [3.05, 3.63) is 34.9 Å². The molecule has 1 heterocycles. The van der Waals surface area contributed by atoms with Crippen LogP contribution in [0.3, 0.4) is 0 Å². The molecule has 5 N–H and O–H groups in total. The van der Waals surface area contributed by atoms with Crippen molar-refractivity contribution in [2.24, 2.45) is 0 Å². The first-order valence-corrected chi connectivity index (χ1v) is 7.86. The minimum Gasteiger partial charge on any atom is -0.507 e. The molecule has 0 aromatic heterocycles. The number of benzene rings is 1. The Labute approximate surface area is 147 Å². The first-order valence-electron chi connectivity index (χ1n) is 7.86. The molecular weight excluding hydrogens is 348 g/mol. The lowest BCUT2D eigenvalue weighted by molar-refractivity contribution is -0.277. The number of carbonyl (C=O) groups excluding carboxylic acids is 2. The van der Waals surface area contributed by atoms with E-state index in [-0.39, 0.29) is 22.4 Å². The van der Waals surface area contributed by atoms with E-state index in [9.17, 15) is 35.1 Å². The largest absolute Gasteiger partial charge is 0.507 e. The molecule has 9 nitrogen and oxygen atoms in total. The van der Waals surface area contributed by atoms with Gasteiger partial charge in [-0.1, -0.05) is 0 Å². The van der Waals surface area contributed by atoms with Gasteiger partial charge in [0.25, 0.3) is 0 Å². The Morgan fingerprint density at radius 3 is 2.42 bits per heavy atom. The summed E-state index contributed by atoms with van der Waals surface area (Å²) in [5.74, 6) is -1.67. The van der Waals surface area contributed by atoms with E-state index in [1.165, 1.54) is 13.0 Å². The number of ether oxygens (including phenoxy) is 2. The second-order valence-corrected chi connectivity index (χ2v) is 6.17. The number of aromatic hydroxyl groups is 1. The summed E-state index contributed by atoms with van der Waals surface area (Å²) < 4.78 is 10.7. The average molecular weight is 366 g/mol. The van der Waals surface area contributed by atoms with Gasteiger partial charge in [0.2, 0.25) is 6.29 Å². The van der Waals surface area contributed by atoms with Crippen molar-refractivity contribution in [1.29, 1.82) is 0 Å². The topological polar surface area (TPSA) is 154 Å². The van der Waals surface area contributed by atoms with Crippen LogP contribution < -0.4 is 4.74 Å². The zero-order chi connectivity index (χ0) is 19.2. The van der Waals surface area contributed by atoms with Crippen LogP contribution in [0.25, 0.3) is 0 Å². The Kier molecular flexibility index (Phi) is 4.82. The van der Waals surface area contributed by atoms with Crippen LogP contribution in [0.5, 0.6) is 11.5 Å². The molecule has 2 aliphatic rings. The predicted octanol–water partition coefficient (Wildman–Crippen LogP) is -1.10. The number of allylic oxidation sites excluding steroid dienone is 2. The molecule has 0 amide bonds. The molecule has 26 heavy (non-hydrogen) atoms. The molecule has 9 heteroatoms. The summed E-state index contributed by atoms with van der Waals surface area (Å²) in [7, 11) is 0. The highest BCUT2D eigenvalue weighted by Crippen LogP contribution is 2.36. The van der Waals surface area contributed by atoms with Crippen molar-refractivity contribution in [2.75, 3.05) is 6.61 Å². The molecule has 1 aliphatic carbocycles. The Morgan fingerprint density at radius 1 is 1.08 bits per heavy atom. The lowest BCUT2D eigenvalue weighted by Gasteiger charge is -2.39. The zero-order valence-electron chi connectivity index (χ0n) is 13.7. The van der Waals surface area contributed by atoms with Gasteiger partial charge in [0.05, 0.1) is 17.7 Å². The van der Waals surface area contributed by atoms with Crippen LogP contribution in [0.15, 0.2) is 23.8 Å². The number of phenolic OH excluding ortho intramolecular Hbond substituents is 1. The molecule has 5 unspecified atom stereocenters. The summed E-state index contributed by atoms with van der Waals surface area (Å²) in [4.78, 5) is 24.6. The van der Waals surface area contributed by atoms with Crippen LogP contribution in [-0.4, -0.2) is 74.4 Å². The van der Waals surface area contributed by atoms with E-state index in [2.05, 4.69) is 0 Å². The third kappa shape index (κ3) is 2.89. The summed E-state index contributed by atoms with van der Waals surface area (Å²) in [6.45, 7) is 0.797. The van der Waals surface area contributed by atoms with Gasteiger partial charge < -0.3 is 35.0 Å². The van der Waals surface area contributed by atoms with E-state index in [0.29, 0.717) is 0 Å². The minimum absolute atomic E-state index is 0.149. The van der Waals surface area contributed by atoms with E-state index in [1.807, 2.05) is 0 Å². The number of aliphatic hydroxyl groups is 4. The van der Waals surface area contributed by atoms with E-state index in [4.69, 9.17) is 9.47 Å². The minimum atomic E-state index is -1.68. The van der Waals surface area contributed by atoms with Crippen LogP contribution in [0, 0.1) is 0 Å². The van der Waals surface area contributed by atoms with Crippen LogP contribution >= 0.6 is 0 Å². The maximum Gasteiger partial charge on any atom is 0.229 e. The highest BCUT2D eigenvalue weighted by atomic mass is 16.7. The number of hydrogen-bond acceptors (Lipinski definition) is 9. The van der Waals surface area contributed by atoms with Gasteiger partial charge in [0.1, 0.15) is 35.9 Å². The average Bonchev–Trinajstić information content (AvgIpc) is 2.61. The lowest BCUT2D eigenvalue weighted by Crippen LogP contribution is -2.60. The Hall–Kier alpha value is -2.30. The van der Waals surface area contributed by atoms with Crippen molar-refractivity contribution in [1.82, 2.24) is 0 Å². The molecule has 1 aromatic carbocycles. The number of aliphatic hydroxyl groups excluding tert-OH is 4. The van der Waals surface area contributed by atoms with Gasteiger partial charge in [-0.3, -0.25) is 9.59 Å². The summed E-state index contributed by atoms with van der Waals surface area (Å²) in [5.41, 5.74) is -0.266. The van der Waals surface area contributed by atoms with E-state index >= 15 is 0 Å². The fourth-order valence-corrected chi connectivity index (χ4v) is 2.97. The quantitative estimate of drug-likeness (QED) is 0.448. The Balaban J connectivity index is 1.98. The van der Waals surface area contributed by atoms with Gasteiger partial charge in [0.15, 0.2) is 11.6 Å². The van der Waals surface area contributed by atoms with Gasteiger partial charge in [-0.05, 0) is 25.1 Å². The van der Waals surface area contributed by atoms with Crippen molar-refractivity contribution < 1.29 is 44.6 Å². The molecule has 1 saturated heterocycles. The molecular formula is C17H18O9. The summed E-state index contributed by atoms with van der Waals surface area (Å²) in [5, 5.41) is 48.8. The summed E-state index contributed by atoms with van der Waals surface area (Å²) in [6, 6.07) is 2.37. The van der Waals surface area contributed by atoms with Crippen LogP contribution in [0.2, 0.25) is 0 Å². The van der Waals surface area contributed by atoms with Crippen LogP contribution in [0.1, 0.15) is 27.6 Å². The van der Waals surface area contributed by atoms with Crippen LogP contribution in [-0.2, 0) is 4.74 Å². The van der Waals surface area contributed by atoms with E-state index in [0.717, 1.165) is 12.1 Å². The fraction of sp³-hybridized carbons (Fsp3) is 0.412. The number of rotatable bonds is 3. The first-order chi connectivity index (χ1) is 12.3. The molecule has 5 atom stereocenters. The fourth-order valence-electron chi connectivity index (χ4n) is 2.97. The van der Waals surface area contributed by atoms with Crippen molar-refractivity contribution >= 4 is 11.6 Å². The van der Waals surface area contributed by atoms with Crippen molar-refractivity contribution in [3.63, 3.8) is 0 Å². The van der Waals surface area contributed by atoms with Gasteiger partial charge in [-0.15, -0.1) is 0 Å². The van der Waals surface area contributed by atoms with E-state index < -0.39 is 54.6 Å². The highest BCUT2D eigenvalue weighted by Gasteiger charge is 2.45. The van der Waals surface area contributed by atoms with Gasteiger partial charge in [-0.2, -0.15) is 0 Å². The number of ketones is 2. The maximum absolute atomic E-state index is 12.3. The maximum atomic E-state index is 12.3. The van der Waals surface area contributed by atoms with E-state index in [1.54, 1.807) is 0 Å². The third-order valence-corrected chi connectivity index (χ3v) is 4.42. The van der Waals surface area contributed by atoms with Crippen LogP contribution in [0.4, 0.5) is 0 Å². The first kappa shape index (κ1) is 18.5. The molecule has 1 fully saturated rings. The lowest BCUT2D eigenvalue weighted by atomic mass is 9.89.